The molecule has 0 radical (unpaired) electrons. The lowest BCUT2D eigenvalue weighted by Gasteiger charge is -2.35. The van der Waals surface area contributed by atoms with Gasteiger partial charge in [-0.2, -0.15) is 0 Å². The van der Waals surface area contributed by atoms with Crippen LogP contribution in [0.25, 0.3) is 0 Å². The average Bonchev–Trinajstić information content (AvgIpc) is 2.30. The summed E-state index contributed by atoms with van der Waals surface area (Å²) in [6.07, 6.45) is 1.95. The number of rotatable bonds is 4. The highest BCUT2D eigenvalue weighted by molar-refractivity contribution is 5.69. The summed E-state index contributed by atoms with van der Waals surface area (Å²) < 4.78 is 0. The molecule has 2 rings (SSSR count). The molecule has 0 amide bonds. The van der Waals surface area contributed by atoms with Gasteiger partial charge in [-0.1, -0.05) is 29.8 Å². The Hall–Kier alpha value is -1.39. The van der Waals surface area contributed by atoms with E-state index in [1.165, 1.54) is 11.1 Å². The first-order chi connectivity index (χ1) is 9.02. The first-order valence-electron chi connectivity index (χ1n) is 6.78. The van der Waals surface area contributed by atoms with Crippen molar-refractivity contribution in [3.8, 4) is 0 Å². The molecular formula is C15H22N2O2. The van der Waals surface area contributed by atoms with Crippen LogP contribution in [0.2, 0.25) is 0 Å². The van der Waals surface area contributed by atoms with Gasteiger partial charge in [0, 0.05) is 19.1 Å². The Bertz CT molecular complexity index is 430. The fourth-order valence-electron chi connectivity index (χ4n) is 2.87. The summed E-state index contributed by atoms with van der Waals surface area (Å²) in [7, 11) is 0. The molecule has 1 heterocycles. The highest BCUT2D eigenvalue weighted by Crippen LogP contribution is 2.20. The summed E-state index contributed by atoms with van der Waals surface area (Å²) in [5, 5.41) is 8.88. The highest BCUT2D eigenvalue weighted by Gasteiger charge is 2.26. The number of aliphatic carboxylic acids is 1. The number of carbonyl (C=O) groups is 1. The van der Waals surface area contributed by atoms with Gasteiger partial charge in [-0.25, -0.2) is 0 Å². The third-order valence-electron chi connectivity index (χ3n) is 3.65. The van der Waals surface area contributed by atoms with Crippen molar-refractivity contribution in [2.45, 2.75) is 25.8 Å². The van der Waals surface area contributed by atoms with E-state index in [-0.39, 0.29) is 12.6 Å². The summed E-state index contributed by atoms with van der Waals surface area (Å²) in [5.74, 6) is -0.325. The molecule has 0 aliphatic carbocycles. The Balaban J connectivity index is 1.95. The van der Waals surface area contributed by atoms with Crippen molar-refractivity contribution in [2.75, 3.05) is 19.6 Å². The van der Waals surface area contributed by atoms with Gasteiger partial charge in [0.25, 0.3) is 0 Å². The fraction of sp³-hybridized carbons (Fsp3) is 0.533. The van der Waals surface area contributed by atoms with Crippen LogP contribution < -0.4 is 5.73 Å². The number of aryl methyl sites for hydroxylation is 1. The van der Waals surface area contributed by atoms with E-state index in [4.69, 9.17) is 10.8 Å². The van der Waals surface area contributed by atoms with E-state index in [2.05, 4.69) is 31.2 Å². The summed E-state index contributed by atoms with van der Waals surface area (Å²) in [6, 6.07) is 8.62. The maximum absolute atomic E-state index is 10.8. The maximum Gasteiger partial charge on any atom is 0.317 e. The number of nitrogens with two attached hydrogens (primary N) is 1. The summed E-state index contributed by atoms with van der Waals surface area (Å²) in [6.45, 7) is 3.69. The Morgan fingerprint density at radius 1 is 1.37 bits per heavy atom. The second kappa shape index (κ2) is 6.17. The first kappa shape index (κ1) is 14.0. The molecule has 1 fully saturated rings. The van der Waals surface area contributed by atoms with Gasteiger partial charge in [0.1, 0.15) is 0 Å². The van der Waals surface area contributed by atoms with E-state index < -0.39 is 5.97 Å². The molecule has 1 aromatic rings. The van der Waals surface area contributed by atoms with Gasteiger partial charge in [0.2, 0.25) is 0 Å². The Morgan fingerprint density at radius 3 is 2.68 bits per heavy atom. The normalized spacial score (nSPS) is 24.3. The monoisotopic (exact) mass is 262 g/mol. The third kappa shape index (κ3) is 4.33. The zero-order valence-corrected chi connectivity index (χ0v) is 11.4. The Morgan fingerprint density at radius 2 is 2.05 bits per heavy atom. The minimum Gasteiger partial charge on any atom is -0.480 e. The number of hydrogen-bond acceptors (Lipinski definition) is 3. The molecule has 19 heavy (non-hydrogen) atoms. The predicted octanol–water partition coefficient (Wildman–Crippen LogP) is 1.27. The van der Waals surface area contributed by atoms with Gasteiger partial charge < -0.3 is 10.8 Å². The summed E-state index contributed by atoms with van der Waals surface area (Å²) in [4.78, 5) is 12.7. The Labute approximate surface area is 114 Å². The maximum atomic E-state index is 10.8. The molecule has 4 heteroatoms. The van der Waals surface area contributed by atoms with Crippen molar-refractivity contribution in [2.24, 2.45) is 11.7 Å². The molecule has 4 nitrogen and oxygen atoms in total. The molecular weight excluding hydrogens is 240 g/mol. The molecule has 2 unspecified atom stereocenters. The van der Waals surface area contributed by atoms with Crippen LogP contribution >= 0.6 is 0 Å². The number of carboxylic acids is 1. The first-order valence-corrected chi connectivity index (χ1v) is 6.78. The smallest absolute Gasteiger partial charge is 0.317 e. The van der Waals surface area contributed by atoms with Crippen LogP contribution in [0.3, 0.4) is 0 Å². The van der Waals surface area contributed by atoms with Crippen LogP contribution in [0.5, 0.6) is 0 Å². The minimum absolute atomic E-state index is 0.0866. The van der Waals surface area contributed by atoms with Gasteiger partial charge in [0.05, 0.1) is 6.54 Å². The van der Waals surface area contributed by atoms with Crippen LogP contribution in [0.1, 0.15) is 17.5 Å². The van der Waals surface area contributed by atoms with E-state index in [0.29, 0.717) is 12.5 Å². The molecule has 0 bridgehead atoms. The number of likely N-dealkylation sites (tertiary alicyclic amines) is 1. The lowest BCUT2D eigenvalue weighted by molar-refractivity contribution is -0.138. The molecule has 1 aliphatic heterocycles. The standard InChI is InChI=1S/C15H22N2O2/c1-11-2-4-12(5-3-11)6-13-7-14(16)9-17(8-13)10-15(18)19/h2-5,13-14H,6-10,16H2,1H3,(H,18,19). The van der Waals surface area contributed by atoms with Crippen LogP contribution in [0.15, 0.2) is 24.3 Å². The van der Waals surface area contributed by atoms with Gasteiger partial charge in [-0.3, -0.25) is 9.69 Å². The van der Waals surface area contributed by atoms with Gasteiger partial charge in [-0.15, -0.1) is 0 Å². The largest absolute Gasteiger partial charge is 0.480 e. The zero-order chi connectivity index (χ0) is 13.8. The molecule has 1 aliphatic rings. The van der Waals surface area contributed by atoms with E-state index in [0.717, 1.165) is 19.4 Å². The van der Waals surface area contributed by atoms with Crippen molar-refractivity contribution in [1.82, 2.24) is 4.90 Å². The van der Waals surface area contributed by atoms with Crippen molar-refractivity contribution >= 4 is 5.97 Å². The third-order valence-corrected chi connectivity index (χ3v) is 3.65. The Kier molecular flexibility index (Phi) is 4.56. The number of nitrogens with zero attached hydrogens (tertiary/aromatic N) is 1. The van der Waals surface area contributed by atoms with Crippen molar-refractivity contribution in [3.63, 3.8) is 0 Å². The molecule has 1 saturated heterocycles. The number of benzene rings is 1. The van der Waals surface area contributed by atoms with E-state index in [1.54, 1.807) is 0 Å². The van der Waals surface area contributed by atoms with Gasteiger partial charge in [-0.05, 0) is 31.2 Å². The molecule has 3 N–H and O–H groups in total. The van der Waals surface area contributed by atoms with E-state index >= 15 is 0 Å². The zero-order valence-electron chi connectivity index (χ0n) is 11.4. The van der Waals surface area contributed by atoms with Gasteiger partial charge in [0.15, 0.2) is 0 Å². The number of carboxylic acid groups (broad SMARTS) is 1. The van der Waals surface area contributed by atoms with Gasteiger partial charge >= 0.3 is 5.97 Å². The van der Waals surface area contributed by atoms with Crippen LogP contribution in [-0.4, -0.2) is 41.7 Å². The lowest BCUT2D eigenvalue weighted by atomic mass is 9.89. The quantitative estimate of drug-likeness (QED) is 0.857. The number of piperidine rings is 1. The molecule has 104 valence electrons. The van der Waals surface area contributed by atoms with Crippen LogP contribution in [-0.2, 0) is 11.2 Å². The summed E-state index contributed by atoms with van der Waals surface area (Å²) >= 11 is 0. The molecule has 0 spiro atoms. The topological polar surface area (TPSA) is 66.6 Å². The van der Waals surface area contributed by atoms with E-state index in [9.17, 15) is 4.79 Å². The second-order valence-corrected chi connectivity index (χ2v) is 5.64. The number of hydrogen-bond donors (Lipinski definition) is 2. The average molecular weight is 262 g/mol. The lowest BCUT2D eigenvalue weighted by Crippen LogP contribution is -2.49. The molecule has 0 saturated carbocycles. The summed E-state index contributed by atoms with van der Waals surface area (Å²) in [5.41, 5.74) is 8.60. The molecule has 0 aromatic heterocycles. The minimum atomic E-state index is -0.775. The predicted molar refractivity (Wildman–Crippen MR) is 75.0 cm³/mol. The van der Waals surface area contributed by atoms with Crippen LogP contribution in [0.4, 0.5) is 0 Å². The van der Waals surface area contributed by atoms with Crippen molar-refractivity contribution in [1.29, 1.82) is 0 Å². The van der Waals surface area contributed by atoms with Crippen LogP contribution in [0, 0.1) is 12.8 Å². The highest BCUT2D eigenvalue weighted by atomic mass is 16.4. The fourth-order valence-corrected chi connectivity index (χ4v) is 2.87. The second-order valence-electron chi connectivity index (χ2n) is 5.64. The van der Waals surface area contributed by atoms with E-state index in [1.807, 2.05) is 4.90 Å². The molecule has 1 aromatic carbocycles. The van der Waals surface area contributed by atoms with Crippen molar-refractivity contribution in [3.05, 3.63) is 35.4 Å². The SMILES string of the molecule is Cc1ccc(CC2CC(N)CN(CC(=O)O)C2)cc1. The molecule has 2 atom stereocenters. The van der Waals surface area contributed by atoms with Crippen molar-refractivity contribution < 1.29 is 9.90 Å².